The molecule has 1 aromatic carbocycles. The number of carbonyl (C=O) groups is 2. The molecule has 0 bridgehead atoms. The highest BCUT2D eigenvalue weighted by molar-refractivity contribution is 5.78. The summed E-state index contributed by atoms with van der Waals surface area (Å²) >= 11 is 0. The van der Waals surface area contributed by atoms with Crippen molar-refractivity contribution in [2.75, 3.05) is 0 Å². The maximum absolute atomic E-state index is 11.0. The van der Waals surface area contributed by atoms with Crippen LogP contribution < -0.4 is 4.74 Å². The number of benzene rings is 1. The third-order valence-corrected chi connectivity index (χ3v) is 2.56. The predicted molar refractivity (Wildman–Crippen MR) is 69.3 cm³/mol. The van der Waals surface area contributed by atoms with Gasteiger partial charge in [-0.05, 0) is 36.8 Å². The van der Waals surface area contributed by atoms with E-state index in [0.717, 1.165) is 5.56 Å². The second-order valence-electron chi connectivity index (χ2n) is 4.23. The number of rotatable bonds is 6. The SMILES string of the molecule is CC(=O)Cc1ccc(OCc2ccc(C=O)o2)cc1. The number of ketones is 1. The van der Waals surface area contributed by atoms with Gasteiger partial charge in [-0.1, -0.05) is 12.1 Å². The average Bonchev–Trinajstić information content (AvgIpc) is 2.85. The lowest BCUT2D eigenvalue weighted by Gasteiger charge is -2.05. The van der Waals surface area contributed by atoms with E-state index in [1.165, 1.54) is 0 Å². The summed E-state index contributed by atoms with van der Waals surface area (Å²) in [5.74, 6) is 1.70. The Labute approximate surface area is 111 Å². The minimum atomic E-state index is 0.130. The first kappa shape index (κ1) is 13.1. The summed E-state index contributed by atoms with van der Waals surface area (Å²) in [5.41, 5.74) is 0.959. The van der Waals surface area contributed by atoms with Crippen molar-refractivity contribution in [2.45, 2.75) is 20.0 Å². The molecule has 0 unspecified atom stereocenters. The molecule has 0 fully saturated rings. The topological polar surface area (TPSA) is 56.5 Å². The fourth-order valence-corrected chi connectivity index (χ4v) is 1.68. The van der Waals surface area contributed by atoms with Crippen LogP contribution in [0.2, 0.25) is 0 Å². The molecule has 0 N–H and O–H groups in total. The van der Waals surface area contributed by atoms with E-state index in [4.69, 9.17) is 9.15 Å². The van der Waals surface area contributed by atoms with E-state index in [-0.39, 0.29) is 18.2 Å². The highest BCUT2D eigenvalue weighted by Gasteiger charge is 2.03. The maximum Gasteiger partial charge on any atom is 0.185 e. The molecule has 0 aliphatic rings. The second kappa shape index (κ2) is 6.00. The fraction of sp³-hybridized carbons (Fsp3) is 0.200. The van der Waals surface area contributed by atoms with Gasteiger partial charge in [0.15, 0.2) is 12.0 Å². The number of aldehydes is 1. The first-order chi connectivity index (χ1) is 9.17. The highest BCUT2D eigenvalue weighted by Crippen LogP contribution is 2.15. The molecular formula is C15H14O4. The molecule has 4 heteroatoms. The van der Waals surface area contributed by atoms with E-state index in [9.17, 15) is 9.59 Å². The number of hydrogen-bond donors (Lipinski definition) is 0. The summed E-state index contributed by atoms with van der Waals surface area (Å²) < 4.78 is 10.7. The van der Waals surface area contributed by atoms with Crippen LogP contribution in [0.5, 0.6) is 5.75 Å². The molecule has 0 saturated carbocycles. The van der Waals surface area contributed by atoms with Crippen molar-refractivity contribution in [1.29, 1.82) is 0 Å². The van der Waals surface area contributed by atoms with Crippen LogP contribution in [0.1, 0.15) is 28.8 Å². The molecule has 19 heavy (non-hydrogen) atoms. The van der Waals surface area contributed by atoms with E-state index in [2.05, 4.69) is 0 Å². The Hall–Kier alpha value is -2.36. The van der Waals surface area contributed by atoms with E-state index < -0.39 is 0 Å². The quantitative estimate of drug-likeness (QED) is 0.747. The normalized spacial score (nSPS) is 10.2. The zero-order chi connectivity index (χ0) is 13.7. The van der Waals surface area contributed by atoms with Crippen LogP contribution >= 0.6 is 0 Å². The summed E-state index contributed by atoms with van der Waals surface area (Å²) in [6, 6.07) is 10.6. The first-order valence-corrected chi connectivity index (χ1v) is 5.92. The molecule has 0 atom stereocenters. The number of furan rings is 1. The molecule has 2 aromatic rings. The summed E-state index contributed by atoms with van der Waals surface area (Å²) in [6.45, 7) is 1.83. The van der Waals surface area contributed by atoms with Gasteiger partial charge in [0.05, 0.1) is 0 Å². The highest BCUT2D eigenvalue weighted by atomic mass is 16.5. The Balaban J connectivity index is 1.92. The van der Waals surface area contributed by atoms with Crippen LogP contribution in [0.25, 0.3) is 0 Å². The van der Waals surface area contributed by atoms with E-state index >= 15 is 0 Å². The van der Waals surface area contributed by atoms with Gasteiger partial charge in [-0.3, -0.25) is 9.59 Å². The zero-order valence-electron chi connectivity index (χ0n) is 10.6. The molecule has 0 spiro atoms. The summed E-state index contributed by atoms with van der Waals surface area (Å²) in [5, 5.41) is 0. The minimum Gasteiger partial charge on any atom is -0.486 e. The Bertz CT molecular complexity index is 566. The summed E-state index contributed by atoms with van der Waals surface area (Å²) in [4.78, 5) is 21.4. The van der Waals surface area contributed by atoms with Gasteiger partial charge in [-0.15, -0.1) is 0 Å². The Morgan fingerprint density at radius 3 is 2.53 bits per heavy atom. The zero-order valence-corrected chi connectivity index (χ0v) is 10.6. The lowest BCUT2D eigenvalue weighted by atomic mass is 10.1. The van der Waals surface area contributed by atoms with Gasteiger partial charge in [0, 0.05) is 6.42 Å². The maximum atomic E-state index is 11.0. The average molecular weight is 258 g/mol. The van der Waals surface area contributed by atoms with E-state index in [0.29, 0.717) is 24.2 Å². The van der Waals surface area contributed by atoms with Crippen molar-refractivity contribution in [3.63, 3.8) is 0 Å². The smallest absolute Gasteiger partial charge is 0.185 e. The van der Waals surface area contributed by atoms with Crippen LogP contribution in [0, 0.1) is 0 Å². The number of carbonyl (C=O) groups excluding carboxylic acids is 2. The van der Waals surface area contributed by atoms with Crippen molar-refractivity contribution < 1.29 is 18.7 Å². The minimum absolute atomic E-state index is 0.130. The van der Waals surface area contributed by atoms with Crippen LogP contribution in [0.4, 0.5) is 0 Å². The van der Waals surface area contributed by atoms with Crippen molar-refractivity contribution in [3.8, 4) is 5.75 Å². The largest absolute Gasteiger partial charge is 0.486 e. The molecule has 0 radical (unpaired) electrons. The molecule has 0 amide bonds. The van der Waals surface area contributed by atoms with Crippen molar-refractivity contribution in [2.24, 2.45) is 0 Å². The number of hydrogen-bond acceptors (Lipinski definition) is 4. The molecule has 0 aliphatic carbocycles. The number of Topliss-reactive ketones (excluding diaryl/α,β-unsaturated/α-hetero) is 1. The lowest BCUT2D eigenvalue weighted by Crippen LogP contribution is -1.97. The fourth-order valence-electron chi connectivity index (χ4n) is 1.68. The number of ether oxygens (including phenoxy) is 1. The molecule has 1 aromatic heterocycles. The molecule has 0 saturated heterocycles. The third-order valence-electron chi connectivity index (χ3n) is 2.56. The summed E-state index contributed by atoms with van der Waals surface area (Å²) in [6.07, 6.45) is 1.08. The molecule has 98 valence electrons. The van der Waals surface area contributed by atoms with Crippen LogP contribution in [0.3, 0.4) is 0 Å². The van der Waals surface area contributed by atoms with Gasteiger partial charge < -0.3 is 9.15 Å². The molecule has 1 heterocycles. The van der Waals surface area contributed by atoms with E-state index in [1.807, 2.05) is 24.3 Å². The first-order valence-electron chi connectivity index (χ1n) is 5.92. The van der Waals surface area contributed by atoms with E-state index in [1.54, 1.807) is 19.1 Å². The van der Waals surface area contributed by atoms with Crippen LogP contribution in [-0.4, -0.2) is 12.1 Å². The molecular weight excluding hydrogens is 244 g/mol. The van der Waals surface area contributed by atoms with Gasteiger partial charge in [-0.25, -0.2) is 0 Å². The van der Waals surface area contributed by atoms with Gasteiger partial charge in [0.2, 0.25) is 0 Å². The third kappa shape index (κ3) is 3.81. The van der Waals surface area contributed by atoms with Gasteiger partial charge >= 0.3 is 0 Å². The predicted octanol–water partition coefficient (Wildman–Crippen LogP) is 2.80. The molecule has 0 aliphatic heterocycles. The molecule has 4 nitrogen and oxygen atoms in total. The van der Waals surface area contributed by atoms with Gasteiger partial charge in [0.25, 0.3) is 0 Å². The second-order valence-corrected chi connectivity index (χ2v) is 4.23. The van der Waals surface area contributed by atoms with Crippen molar-refractivity contribution in [1.82, 2.24) is 0 Å². The van der Waals surface area contributed by atoms with Crippen molar-refractivity contribution in [3.05, 3.63) is 53.5 Å². The standard InChI is InChI=1S/C15H14O4/c1-11(17)8-12-2-4-13(5-3-12)18-10-15-7-6-14(9-16)19-15/h2-7,9H,8,10H2,1H3. The van der Waals surface area contributed by atoms with Crippen LogP contribution in [-0.2, 0) is 17.8 Å². The van der Waals surface area contributed by atoms with Crippen LogP contribution in [0.15, 0.2) is 40.8 Å². The van der Waals surface area contributed by atoms with Crippen molar-refractivity contribution >= 4 is 12.1 Å². The Kier molecular flexibility index (Phi) is 4.13. The summed E-state index contributed by atoms with van der Waals surface area (Å²) in [7, 11) is 0. The monoisotopic (exact) mass is 258 g/mol. The lowest BCUT2D eigenvalue weighted by molar-refractivity contribution is -0.116. The molecule has 2 rings (SSSR count). The van der Waals surface area contributed by atoms with Gasteiger partial charge in [-0.2, -0.15) is 0 Å². The van der Waals surface area contributed by atoms with Gasteiger partial charge in [0.1, 0.15) is 23.9 Å². The Morgan fingerprint density at radius 2 is 1.95 bits per heavy atom. The Morgan fingerprint density at radius 1 is 1.21 bits per heavy atom.